The van der Waals surface area contributed by atoms with Crippen LogP contribution in [0.3, 0.4) is 0 Å². The summed E-state index contributed by atoms with van der Waals surface area (Å²) in [6, 6.07) is 0.303. The maximum atomic E-state index is 5.67. The molecule has 84 valence electrons. The number of ether oxygens (including phenoxy) is 1. The molecule has 5 heteroatoms. The summed E-state index contributed by atoms with van der Waals surface area (Å²) in [6.45, 7) is 5.45. The highest BCUT2D eigenvalue weighted by Gasteiger charge is 2.26. The van der Waals surface area contributed by atoms with Crippen molar-refractivity contribution in [3.8, 4) is 0 Å². The van der Waals surface area contributed by atoms with Crippen LogP contribution in [0, 0.1) is 0 Å². The van der Waals surface area contributed by atoms with E-state index in [1.165, 1.54) is 0 Å². The van der Waals surface area contributed by atoms with Crippen molar-refractivity contribution in [2.24, 2.45) is 5.73 Å². The van der Waals surface area contributed by atoms with E-state index < -0.39 is 0 Å². The van der Waals surface area contributed by atoms with Gasteiger partial charge in [0.15, 0.2) is 0 Å². The molecule has 0 amide bonds. The van der Waals surface area contributed by atoms with Crippen LogP contribution >= 0.6 is 0 Å². The van der Waals surface area contributed by atoms with Crippen LogP contribution in [0.1, 0.15) is 50.2 Å². The molecule has 1 aliphatic heterocycles. The third kappa shape index (κ3) is 1.89. The highest BCUT2D eigenvalue weighted by Crippen LogP contribution is 2.31. The summed E-state index contributed by atoms with van der Waals surface area (Å²) in [5.74, 6) is 0. The van der Waals surface area contributed by atoms with Gasteiger partial charge in [-0.15, -0.1) is 5.10 Å². The lowest BCUT2D eigenvalue weighted by Crippen LogP contribution is -2.13. The molecule has 0 aliphatic carbocycles. The van der Waals surface area contributed by atoms with Crippen LogP contribution in [0.4, 0.5) is 0 Å². The van der Waals surface area contributed by atoms with Crippen LogP contribution in [0.2, 0.25) is 0 Å². The maximum absolute atomic E-state index is 5.67. The molecule has 0 bridgehead atoms. The van der Waals surface area contributed by atoms with Crippen LogP contribution in [-0.4, -0.2) is 21.6 Å². The molecule has 2 rings (SSSR count). The van der Waals surface area contributed by atoms with Crippen molar-refractivity contribution >= 4 is 0 Å². The second-order valence-electron chi connectivity index (χ2n) is 4.17. The first-order chi connectivity index (χ1) is 7.24. The Balaban J connectivity index is 2.35. The van der Waals surface area contributed by atoms with Gasteiger partial charge in [0.25, 0.3) is 0 Å². The smallest absolute Gasteiger partial charge is 0.102 e. The number of hydrogen-bond donors (Lipinski definition) is 1. The summed E-state index contributed by atoms with van der Waals surface area (Å²) in [7, 11) is 0. The zero-order valence-corrected chi connectivity index (χ0v) is 9.31. The van der Waals surface area contributed by atoms with Gasteiger partial charge < -0.3 is 10.5 Å². The largest absolute Gasteiger partial charge is 0.372 e. The second kappa shape index (κ2) is 4.28. The Labute approximate surface area is 89.6 Å². The average Bonchev–Trinajstić information content (AvgIpc) is 2.85. The van der Waals surface area contributed by atoms with E-state index >= 15 is 0 Å². The van der Waals surface area contributed by atoms with Gasteiger partial charge in [-0.2, -0.15) is 0 Å². The van der Waals surface area contributed by atoms with Gasteiger partial charge in [-0.1, -0.05) is 5.21 Å². The van der Waals surface area contributed by atoms with Crippen molar-refractivity contribution in [1.29, 1.82) is 0 Å². The zero-order valence-electron chi connectivity index (χ0n) is 9.31. The van der Waals surface area contributed by atoms with E-state index in [-0.39, 0.29) is 6.10 Å². The fourth-order valence-corrected chi connectivity index (χ4v) is 1.99. The molecule has 1 fully saturated rings. The predicted octanol–water partition coefficient (Wildman–Crippen LogP) is 1.17. The Morgan fingerprint density at radius 3 is 2.93 bits per heavy atom. The van der Waals surface area contributed by atoms with Crippen molar-refractivity contribution in [2.75, 3.05) is 6.61 Å². The van der Waals surface area contributed by atoms with Crippen LogP contribution in [0.25, 0.3) is 0 Å². The molecule has 1 saturated heterocycles. The molecule has 15 heavy (non-hydrogen) atoms. The summed E-state index contributed by atoms with van der Waals surface area (Å²) in [6.07, 6.45) is 2.30. The third-order valence-corrected chi connectivity index (χ3v) is 2.72. The highest BCUT2D eigenvalue weighted by atomic mass is 16.5. The molecule has 0 aromatic carbocycles. The van der Waals surface area contributed by atoms with Crippen LogP contribution in [0.5, 0.6) is 0 Å². The fraction of sp³-hybridized carbons (Fsp3) is 0.800. The molecule has 0 spiro atoms. The van der Waals surface area contributed by atoms with E-state index in [0.29, 0.717) is 12.6 Å². The van der Waals surface area contributed by atoms with Gasteiger partial charge in [-0.05, 0) is 26.7 Å². The first-order valence-corrected chi connectivity index (χ1v) is 5.49. The number of nitrogens with zero attached hydrogens (tertiary/aromatic N) is 3. The number of rotatable bonds is 3. The van der Waals surface area contributed by atoms with E-state index in [1.807, 2.05) is 4.68 Å². The van der Waals surface area contributed by atoms with E-state index in [1.54, 1.807) is 0 Å². The lowest BCUT2D eigenvalue weighted by molar-refractivity contribution is 0.102. The lowest BCUT2D eigenvalue weighted by Gasteiger charge is -2.15. The summed E-state index contributed by atoms with van der Waals surface area (Å²) >= 11 is 0. The van der Waals surface area contributed by atoms with Gasteiger partial charge in [0, 0.05) is 19.2 Å². The minimum absolute atomic E-state index is 0.140. The maximum Gasteiger partial charge on any atom is 0.102 e. The fourth-order valence-electron chi connectivity index (χ4n) is 1.99. The first kappa shape index (κ1) is 10.6. The third-order valence-electron chi connectivity index (χ3n) is 2.72. The van der Waals surface area contributed by atoms with E-state index in [2.05, 4.69) is 24.2 Å². The van der Waals surface area contributed by atoms with Crippen molar-refractivity contribution in [3.63, 3.8) is 0 Å². The summed E-state index contributed by atoms with van der Waals surface area (Å²) in [5.41, 5.74) is 7.61. The Hall–Kier alpha value is -0.940. The van der Waals surface area contributed by atoms with Crippen molar-refractivity contribution in [2.45, 2.75) is 45.4 Å². The number of aromatic nitrogens is 3. The Bertz CT molecular complexity index is 328. The molecule has 1 aromatic heterocycles. The summed E-state index contributed by atoms with van der Waals surface area (Å²) < 4.78 is 7.60. The van der Waals surface area contributed by atoms with Gasteiger partial charge in [-0.3, -0.25) is 0 Å². The molecular formula is C10H18N4O. The molecular weight excluding hydrogens is 192 g/mol. The zero-order chi connectivity index (χ0) is 10.8. The first-order valence-electron chi connectivity index (χ1n) is 5.49. The molecule has 1 atom stereocenters. The van der Waals surface area contributed by atoms with Crippen molar-refractivity contribution in [1.82, 2.24) is 15.0 Å². The van der Waals surface area contributed by atoms with Gasteiger partial charge >= 0.3 is 0 Å². The minimum Gasteiger partial charge on any atom is -0.372 e. The predicted molar refractivity (Wildman–Crippen MR) is 56.2 cm³/mol. The average molecular weight is 210 g/mol. The quantitative estimate of drug-likeness (QED) is 0.813. The molecule has 0 radical (unpaired) electrons. The number of nitrogens with two attached hydrogens (primary N) is 1. The molecule has 0 saturated carbocycles. The standard InChI is InChI=1S/C10H18N4O/c1-7(2)14-10(8(6-11)12-13-14)9-4-3-5-15-9/h7,9H,3-6,11H2,1-2H3. The molecule has 1 aromatic rings. The Kier molecular flexibility index (Phi) is 3.02. The van der Waals surface area contributed by atoms with Gasteiger partial charge in [0.05, 0.1) is 5.69 Å². The molecule has 2 N–H and O–H groups in total. The Morgan fingerprint density at radius 1 is 1.60 bits per heavy atom. The molecule has 1 aliphatic rings. The topological polar surface area (TPSA) is 66.0 Å². The van der Waals surface area contributed by atoms with Crippen molar-refractivity contribution < 1.29 is 4.74 Å². The number of hydrogen-bond acceptors (Lipinski definition) is 4. The van der Waals surface area contributed by atoms with Crippen molar-refractivity contribution in [3.05, 3.63) is 11.4 Å². The highest BCUT2D eigenvalue weighted by molar-refractivity contribution is 5.14. The normalized spacial score (nSPS) is 21.5. The molecule has 1 unspecified atom stereocenters. The van der Waals surface area contributed by atoms with E-state index in [0.717, 1.165) is 30.8 Å². The van der Waals surface area contributed by atoms with Gasteiger partial charge in [0.1, 0.15) is 11.8 Å². The van der Waals surface area contributed by atoms with Crippen LogP contribution in [-0.2, 0) is 11.3 Å². The van der Waals surface area contributed by atoms with Crippen LogP contribution in [0.15, 0.2) is 0 Å². The van der Waals surface area contributed by atoms with Gasteiger partial charge in [0.2, 0.25) is 0 Å². The Morgan fingerprint density at radius 2 is 2.40 bits per heavy atom. The minimum atomic E-state index is 0.140. The molecule has 2 heterocycles. The monoisotopic (exact) mass is 210 g/mol. The van der Waals surface area contributed by atoms with Crippen LogP contribution < -0.4 is 5.73 Å². The van der Waals surface area contributed by atoms with Gasteiger partial charge in [-0.25, -0.2) is 4.68 Å². The molecule has 5 nitrogen and oxygen atoms in total. The van der Waals surface area contributed by atoms with E-state index in [9.17, 15) is 0 Å². The lowest BCUT2D eigenvalue weighted by atomic mass is 10.1. The SMILES string of the molecule is CC(C)n1nnc(CN)c1C1CCCO1. The summed E-state index contributed by atoms with van der Waals surface area (Å²) in [4.78, 5) is 0. The summed E-state index contributed by atoms with van der Waals surface area (Å²) in [5, 5.41) is 8.25. The second-order valence-corrected chi connectivity index (χ2v) is 4.17. The van der Waals surface area contributed by atoms with E-state index in [4.69, 9.17) is 10.5 Å².